The zero-order valence-corrected chi connectivity index (χ0v) is 14.1. The van der Waals surface area contributed by atoms with Crippen molar-refractivity contribution in [1.29, 1.82) is 0 Å². The Morgan fingerprint density at radius 3 is 2.44 bits per heavy atom. The Morgan fingerprint density at radius 1 is 1.16 bits per heavy atom. The number of fused-ring (bicyclic) bond motifs is 1. The SMILES string of the molecule is CC(=O)[C@H](C(=O)N(C)C)n1cnc2c(cnn2-c2ccccc2)c1=O. The second kappa shape index (κ2) is 6.31. The van der Waals surface area contributed by atoms with Crippen LogP contribution in [0.4, 0.5) is 0 Å². The monoisotopic (exact) mass is 339 g/mol. The number of nitrogens with zero attached hydrogens (tertiary/aromatic N) is 5. The van der Waals surface area contributed by atoms with E-state index in [0.29, 0.717) is 5.65 Å². The zero-order valence-electron chi connectivity index (χ0n) is 14.1. The van der Waals surface area contributed by atoms with Gasteiger partial charge in [-0.2, -0.15) is 5.10 Å². The Morgan fingerprint density at radius 2 is 1.84 bits per heavy atom. The molecule has 0 saturated heterocycles. The molecule has 128 valence electrons. The van der Waals surface area contributed by atoms with Crippen LogP contribution >= 0.6 is 0 Å². The second-order valence-corrected chi connectivity index (χ2v) is 5.83. The zero-order chi connectivity index (χ0) is 18.1. The summed E-state index contributed by atoms with van der Waals surface area (Å²) >= 11 is 0. The van der Waals surface area contributed by atoms with Crippen LogP contribution in [0.15, 0.2) is 47.7 Å². The molecule has 0 aliphatic carbocycles. The van der Waals surface area contributed by atoms with Crippen LogP contribution in [-0.2, 0) is 9.59 Å². The quantitative estimate of drug-likeness (QED) is 0.656. The average molecular weight is 339 g/mol. The molecule has 3 rings (SSSR count). The van der Waals surface area contributed by atoms with Crippen molar-refractivity contribution < 1.29 is 9.59 Å². The molecule has 1 aromatic carbocycles. The summed E-state index contributed by atoms with van der Waals surface area (Å²) in [6.45, 7) is 1.27. The first-order valence-corrected chi connectivity index (χ1v) is 7.63. The molecule has 8 nitrogen and oxygen atoms in total. The van der Waals surface area contributed by atoms with E-state index in [4.69, 9.17) is 0 Å². The minimum absolute atomic E-state index is 0.240. The number of hydrogen-bond acceptors (Lipinski definition) is 5. The van der Waals surface area contributed by atoms with Crippen molar-refractivity contribution in [2.45, 2.75) is 13.0 Å². The molecule has 3 aromatic rings. The number of para-hydroxylation sites is 1. The highest BCUT2D eigenvalue weighted by Gasteiger charge is 2.28. The summed E-state index contributed by atoms with van der Waals surface area (Å²) in [6, 6.07) is 8.03. The van der Waals surface area contributed by atoms with Gasteiger partial charge in [0, 0.05) is 14.1 Å². The molecule has 0 saturated carbocycles. The van der Waals surface area contributed by atoms with E-state index in [0.717, 1.165) is 10.3 Å². The molecule has 0 radical (unpaired) electrons. The predicted octanol–water partition coefficient (Wildman–Crippen LogP) is 0.800. The third-order valence-electron chi connectivity index (χ3n) is 3.85. The number of rotatable bonds is 4. The third-order valence-corrected chi connectivity index (χ3v) is 3.85. The van der Waals surface area contributed by atoms with Crippen molar-refractivity contribution in [3.05, 3.63) is 53.2 Å². The molecule has 0 aliphatic rings. The predicted molar refractivity (Wildman–Crippen MR) is 91.5 cm³/mol. The largest absolute Gasteiger partial charge is 0.347 e. The highest BCUT2D eigenvalue weighted by atomic mass is 16.2. The molecule has 1 amide bonds. The van der Waals surface area contributed by atoms with Gasteiger partial charge in [0.2, 0.25) is 0 Å². The van der Waals surface area contributed by atoms with Crippen LogP contribution in [0, 0.1) is 0 Å². The number of aromatic nitrogens is 4. The Hall–Kier alpha value is -3.29. The van der Waals surface area contributed by atoms with E-state index in [2.05, 4.69) is 10.1 Å². The van der Waals surface area contributed by atoms with E-state index in [1.54, 1.807) is 0 Å². The van der Waals surface area contributed by atoms with E-state index in [9.17, 15) is 14.4 Å². The summed E-state index contributed by atoms with van der Waals surface area (Å²) in [6.07, 6.45) is 2.62. The minimum Gasteiger partial charge on any atom is -0.347 e. The molecule has 2 aromatic heterocycles. The molecule has 25 heavy (non-hydrogen) atoms. The van der Waals surface area contributed by atoms with Gasteiger partial charge >= 0.3 is 0 Å². The van der Waals surface area contributed by atoms with Crippen molar-refractivity contribution >= 4 is 22.7 Å². The molecule has 0 unspecified atom stereocenters. The molecule has 0 spiro atoms. The lowest BCUT2D eigenvalue weighted by atomic mass is 10.1. The maximum atomic E-state index is 12.8. The summed E-state index contributed by atoms with van der Waals surface area (Å²) < 4.78 is 2.60. The van der Waals surface area contributed by atoms with E-state index in [1.807, 2.05) is 30.3 Å². The van der Waals surface area contributed by atoms with Crippen LogP contribution in [0.25, 0.3) is 16.7 Å². The van der Waals surface area contributed by atoms with Crippen LogP contribution in [0.2, 0.25) is 0 Å². The number of carbonyl (C=O) groups excluding carboxylic acids is 2. The lowest BCUT2D eigenvalue weighted by molar-refractivity contribution is -0.137. The summed E-state index contributed by atoms with van der Waals surface area (Å²) in [4.78, 5) is 42.6. The minimum atomic E-state index is -1.24. The maximum Gasteiger partial charge on any atom is 0.265 e. The molecule has 0 N–H and O–H groups in total. The average Bonchev–Trinajstić information content (AvgIpc) is 3.02. The molecule has 0 aliphatic heterocycles. The number of benzene rings is 1. The normalized spacial score (nSPS) is 12.1. The summed E-state index contributed by atoms with van der Waals surface area (Å²) in [7, 11) is 3.06. The fourth-order valence-electron chi connectivity index (χ4n) is 2.60. The fourth-order valence-corrected chi connectivity index (χ4v) is 2.60. The Kier molecular flexibility index (Phi) is 4.18. The maximum absolute atomic E-state index is 12.8. The smallest absolute Gasteiger partial charge is 0.265 e. The number of amides is 1. The molecule has 1 atom stereocenters. The van der Waals surface area contributed by atoms with Crippen molar-refractivity contribution in [3.63, 3.8) is 0 Å². The number of likely N-dealkylation sites (N-methyl/N-ethyl adjacent to an activating group) is 1. The van der Waals surface area contributed by atoms with Gasteiger partial charge in [-0.25, -0.2) is 9.67 Å². The fraction of sp³-hybridized carbons (Fsp3) is 0.235. The van der Waals surface area contributed by atoms with Crippen LogP contribution in [0.5, 0.6) is 0 Å². The molecular formula is C17H17N5O3. The van der Waals surface area contributed by atoms with E-state index < -0.39 is 23.3 Å². The van der Waals surface area contributed by atoms with Gasteiger partial charge in [-0.05, 0) is 19.1 Å². The van der Waals surface area contributed by atoms with Crippen molar-refractivity contribution in [2.75, 3.05) is 14.1 Å². The molecule has 0 fully saturated rings. The van der Waals surface area contributed by atoms with Gasteiger partial charge in [-0.15, -0.1) is 0 Å². The Bertz CT molecular complexity index is 1000. The third kappa shape index (κ3) is 2.82. The molecular weight excluding hydrogens is 322 g/mol. The van der Waals surface area contributed by atoms with Gasteiger partial charge in [-0.1, -0.05) is 18.2 Å². The first-order chi connectivity index (χ1) is 11.9. The van der Waals surface area contributed by atoms with Gasteiger partial charge in [-0.3, -0.25) is 19.0 Å². The summed E-state index contributed by atoms with van der Waals surface area (Å²) in [5.74, 6) is -0.913. The van der Waals surface area contributed by atoms with Gasteiger partial charge < -0.3 is 4.90 Å². The van der Waals surface area contributed by atoms with Crippen molar-refractivity contribution in [2.24, 2.45) is 0 Å². The molecule has 0 bridgehead atoms. The summed E-state index contributed by atoms with van der Waals surface area (Å²) in [5, 5.41) is 4.45. The number of ketones is 1. The second-order valence-electron chi connectivity index (χ2n) is 5.83. The summed E-state index contributed by atoms with van der Waals surface area (Å²) in [5.41, 5.74) is 0.643. The first kappa shape index (κ1) is 16.6. The van der Waals surface area contributed by atoms with Crippen molar-refractivity contribution in [3.8, 4) is 5.69 Å². The van der Waals surface area contributed by atoms with Gasteiger partial charge in [0.25, 0.3) is 11.5 Å². The standard InChI is InChI=1S/C17H17N5O3/c1-11(23)14(17(25)20(2)3)21-10-18-15-13(16(21)24)9-19-22(15)12-7-5-4-6-8-12/h4-10,14H,1-3H3/t14-/m1/s1. The molecule has 8 heteroatoms. The highest BCUT2D eigenvalue weighted by molar-refractivity contribution is 6.02. The topological polar surface area (TPSA) is 90.1 Å². The van der Waals surface area contributed by atoms with Gasteiger partial charge in [0.15, 0.2) is 17.5 Å². The highest BCUT2D eigenvalue weighted by Crippen LogP contribution is 2.15. The van der Waals surface area contributed by atoms with Gasteiger partial charge in [0.05, 0.1) is 11.9 Å². The number of Topliss-reactive ketones (excluding diaryl/α,β-unsaturated/α-hetero) is 1. The number of carbonyl (C=O) groups is 2. The first-order valence-electron chi connectivity index (χ1n) is 7.63. The van der Waals surface area contributed by atoms with Crippen LogP contribution in [-0.4, -0.2) is 50.0 Å². The lowest BCUT2D eigenvalue weighted by Gasteiger charge is -2.20. The Labute approximate surface area is 143 Å². The van der Waals surface area contributed by atoms with Crippen LogP contribution in [0.1, 0.15) is 13.0 Å². The van der Waals surface area contributed by atoms with Crippen molar-refractivity contribution in [1.82, 2.24) is 24.2 Å². The lowest BCUT2D eigenvalue weighted by Crippen LogP contribution is -2.40. The Balaban J connectivity index is 2.17. The van der Waals surface area contributed by atoms with E-state index in [1.165, 1.54) is 43.1 Å². The van der Waals surface area contributed by atoms with E-state index in [-0.39, 0.29) is 5.39 Å². The van der Waals surface area contributed by atoms with Crippen LogP contribution in [0.3, 0.4) is 0 Å². The molecule has 2 heterocycles. The van der Waals surface area contributed by atoms with Crippen LogP contribution < -0.4 is 5.56 Å². The van der Waals surface area contributed by atoms with Gasteiger partial charge in [0.1, 0.15) is 11.7 Å². The number of hydrogen-bond donors (Lipinski definition) is 0. The van der Waals surface area contributed by atoms with E-state index >= 15 is 0 Å².